The number of hydrogen-bond donors (Lipinski definition) is 2. The van der Waals surface area contributed by atoms with Gasteiger partial charge in [0, 0.05) is 0 Å². The second-order valence-electron chi connectivity index (χ2n) is 4.89. The maximum Gasteiger partial charge on any atom is 0.418 e. The van der Waals surface area contributed by atoms with Gasteiger partial charge >= 0.3 is 18.2 Å². The van der Waals surface area contributed by atoms with Gasteiger partial charge in [0.2, 0.25) is 0 Å². The summed E-state index contributed by atoms with van der Waals surface area (Å²) < 4.78 is 43.0. The first-order valence-electron chi connectivity index (χ1n) is 6.48. The predicted octanol–water partition coefficient (Wildman–Crippen LogP) is 3.02. The maximum absolute atomic E-state index is 12.8. The van der Waals surface area contributed by atoms with Gasteiger partial charge in [-0.15, -0.1) is 0 Å². The minimum Gasteiger partial charge on any atom is -0.467 e. The molecule has 5 nitrogen and oxygen atoms in total. The SMILES string of the molecule is COC(=O)[C@@H](NC(=O)Nc1ccccc1C(F)(F)F)C(C)C. The van der Waals surface area contributed by atoms with Crippen LogP contribution in [0.4, 0.5) is 23.7 Å². The van der Waals surface area contributed by atoms with Crippen LogP contribution < -0.4 is 10.6 Å². The molecule has 22 heavy (non-hydrogen) atoms. The molecule has 0 aliphatic carbocycles. The summed E-state index contributed by atoms with van der Waals surface area (Å²) in [6.45, 7) is 3.34. The molecule has 0 aliphatic rings. The van der Waals surface area contributed by atoms with Gasteiger partial charge in [0.15, 0.2) is 0 Å². The number of rotatable bonds is 4. The van der Waals surface area contributed by atoms with Crippen LogP contribution in [0.25, 0.3) is 0 Å². The summed E-state index contributed by atoms with van der Waals surface area (Å²) in [5.41, 5.74) is -1.36. The summed E-state index contributed by atoms with van der Waals surface area (Å²) in [5, 5.41) is 4.41. The summed E-state index contributed by atoms with van der Waals surface area (Å²) >= 11 is 0. The van der Waals surface area contributed by atoms with E-state index in [-0.39, 0.29) is 11.6 Å². The van der Waals surface area contributed by atoms with Crippen molar-refractivity contribution in [2.75, 3.05) is 12.4 Å². The standard InChI is InChI=1S/C14H17F3N2O3/c1-8(2)11(12(20)22-3)19-13(21)18-10-7-5-4-6-9(10)14(15,16)17/h4-8,11H,1-3H3,(H2,18,19,21)/t11-/m0/s1. The van der Waals surface area contributed by atoms with Crippen molar-refractivity contribution >= 4 is 17.7 Å². The van der Waals surface area contributed by atoms with Gasteiger partial charge in [0.1, 0.15) is 6.04 Å². The van der Waals surface area contributed by atoms with Crippen LogP contribution in [0.5, 0.6) is 0 Å². The molecule has 0 saturated heterocycles. The van der Waals surface area contributed by atoms with Crippen molar-refractivity contribution in [1.29, 1.82) is 0 Å². The molecule has 2 N–H and O–H groups in total. The Bertz CT molecular complexity index is 544. The number of halogens is 3. The van der Waals surface area contributed by atoms with Crippen molar-refractivity contribution < 1.29 is 27.5 Å². The Kier molecular flexibility index (Phi) is 5.78. The molecule has 0 aromatic heterocycles. The molecular formula is C14H17F3N2O3. The molecule has 8 heteroatoms. The minimum atomic E-state index is -4.59. The molecule has 0 saturated carbocycles. The topological polar surface area (TPSA) is 67.4 Å². The van der Waals surface area contributed by atoms with E-state index in [1.807, 2.05) is 0 Å². The number of carbonyl (C=O) groups is 2. The largest absolute Gasteiger partial charge is 0.467 e. The first kappa shape index (κ1) is 17.8. The average molecular weight is 318 g/mol. The maximum atomic E-state index is 12.8. The number of nitrogens with one attached hydrogen (secondary N) is 2. The Hall–Kier alpha value is -2.25. The highest BCUT2D eigenvalue weighted by Crippen LogP contribution is 2.34. The van der Waals surface area contributed by atoms with Crippen molar-refractivity contribution in [2.24, 2.45) is 5.92 Å². The van der Waals surface area contributed by atoms with Crippen LogP contribution in [0.2, 0.25) is 0 Å². The van der Waals surface area contributed by atoms with Crippen LogP contribution in [0.1, 0.15) is 19.4 Å². The Morgan fingerprint density at radius 3 is 2.27 bits per heavy atom. The number of benzene rings is 1. The fraction of sp³-hybridized carbons (Fsp3) is 0.429. The van der Waals surface area contributed by atoms with Crippen molar-refractivity contribution in [3.63, 3.8) is 0 Å². The lowest BCUT2D eigenvalue weighted by molar-refractivity contribution is -0.144. The zero-order valence-electron chi connectivity index (χ0n) is 12.3. The molecule has 0 unspecified atom stereocenters. The molecular weight excluding hydrogens is 301 g/mol. The first-order valence-corrected chi connectivity index (χ1v) is 6.48. The van der Waals surface area contributed by atoms with Crippen molar-refractivity contribution in [3.8, 4) is 0 Å². The number of ether oxygens (including phenoxy) is 1. The molecule has 0 heterocycles. The Morgan fingerprint density at radius 1 is 1.18 bits per heavy atom. The van der Waals surface area contributed by atoms with Gasteiger partial charge in [0.25, 0.3) is 0 Å². The lowest BCUT2D eigenvalue weighted by atomic mass is 10.1. The van der Waals surface area contributed by atoms with Gasteiger partial charge in [-0.1, -0.05) is 26.0 Å². The van der Waals surface area contributed by atoms with Crippen LogP contribution in [0, 0.1) is 5.92 Å². The Morgan fingerprint density at radius 2 is 1.77 bits per heavy atom. The third kappa shape index (κ3) is 4.64. The molecule has 0 spiro atoms. The minimum absolute atomic E-state index is 0.281. The van der Waals surface area contributed by atoms with Gasteiger partial charge in [-0.05, 0) is 18.1 Å². The lowest BCUT2D eigenvalue weighted by Gasteiger charge is -2.21. The molecule has 2 amide bonds. The Labute approximate surface area is 125 Å². The van der Waals surface area contributed by atoms with Gasteiger partial charge in [-0.25, -0.2) is 9.59 Å². The number of alkyl halides is 3. The molecule has 1 rings (SSSR count). The van der Waals surface area contributed by atoms with Gasteiger partial charge < -0.3 is 15.4 Å². The fourth-order valence-corrected chi connectivity index (χ4v) is 1.76. The van der Waals surface area contributed by atoms with Crippen LogP contribution in [-0.2, 0) is 15.7 Å². The third-order valence-electron chi connectivity index (χ3n) is 2.89. The molecule has 0 aliphatic heterocycles. The fourth-order valence-electron chi connectivity index (χ4n) is 1.76. The molecule has 1 aromatic rings. The molecule has 0 bridgehead atoms. The van der Waals surface area contributed by atoms with Crippen LogP contribution in [0.15, 0.2) is 24.3 Å². The van der Waals surface area contributed by atoms with E-state index in [2.05, 4.69) is 15.4 Å². The van der Waals surface area contributed by atoms with E-state index in [4.69, 9.17) is 0 Å². The second kappa shape index (κ2) is 7.15. The summed E-state index contributed by atoms with van der Waals surface area (Å²) in [7, 11) is 1.16. The van der Waals surface area contributed by atoms with E-state index in [0.717, 1.165) is 19.2 Å². The smallest absolute Gasteiger partial charge is 0.418 e. The zero-order valence-corrected chi connectivity index (χ0v) is 12.3. The van der Waals surface area contributed by atoms with E-state index < -0.39 is 29.8 Å². The van der Waals surface area contributed by atoms with Gasteiger partial charge in [-0.3, -0.25) is 0 Å². The van der Waals surface area contributed by atoms with Gasteiger partial charge in [-0.2, -0.15) is 13.2 Å². The average Bonchev–Trinajstić information content (AvgIpc) is 2.43. The number of hydrogen-bond acceptors (Lipinski definition) is 3. The number of esters is 1. The highest BCUT2D eigenvalue weighted by atomic mass is 19.4. The highest BCUT2D eigenvalue weighted by Gasteiger charge is 2.34. The third-order valence-corrected chi connectivity index (χ3v) is 2.89. The number of para-hydroxylation sites is 1. The number of anilines is 1. The number of urea groups is 1. The summed E-state index contributed by atoms with van der Waals surface area (Å²) in [6, 6.07) is 2.70. The van der Waals surface area contributed by atoms with E-state index >= 15 is 0 Å². The molecule has 122 valence electrons. The second-order valence-corrected chi connectivity index (χ2v) is 4.89. The van der Waals surface area contributed by atoms with E-state index in [1.165, 1.54) is 12.1 Å². The molecule has 0 radical (unpaired) electrons. The van der Waals surface area contributed by atoms with Crippen molar-refractivity contribution in [1.82, 2.24) is 5.32 Å². The highest BCUT2D eigenvalue weighted by molar-refractivity contribution is 5.93. The summed E-state index contributed by atoms with van der Waals surface area (Å²) in [4.78, 5) is 23.4. The molecule has 0 fully saturated rings. The van der Waals surface area contributed by atoms with Gasteiger partial charge in [0.05, 0.1) is 18.4 Å². The van der Waals surface area contributed by atoms with Crippen molar-refractivity contribution in [2.45, 2.75) is 26.1 Å². The van der Waals surface area contributed by atoms with Crippen LogP contribution >= 0.6 is 0 Å². The predicted molar refractivity (Wildman–Crippen MR) is 74.2 cm³/mol. The number of methoxy groups -OCH3 is 1. The van der Waals surface area contributed by atoms with E-state index in [0.29, 0.717) is 0 Å². The summed E-state index contributed by atoms with van der Waals surface area (Å²) in [5.74, 6) is -0.953. The van der Waals surface area contributed by atoms with Crippen molar-refractivity contribution in [3.05, 3.63) is 29.8 Å². The quantitative estimate of drug-likeness (QED) is 0.839. The number of amides is 2. The number of carbonyl (C=O) groups excluding carboxylic acids is 2. The molecule has 1 aromatic carbocycles. The van der Waals surface area contributed by atoms with Crippen LogP contribution in [-0.4, -0.2) is 25.2 Å². The Balaban J connectivity index is 2.88. The first-order chi connectivity index (χ1) is 10.2. The van der Waals surface area contributed by atoms with E-state index in [9.17, 15) is 22.8 Å². The summed E-state index contributed by atoms with van der Waals surface area (Å²) in [6.07, 6.45) is -4.59. The van der Waals surface area contributed by atoms with Crippen LogP contribution in [0.3, 0.4) is 0 Å². The zero-order chi connectivity index (χ0) is 16.9. The van der Waals surface area contributed by atoms with E-state index in [1.54, 1.807) is 13.8 Å². The lowest BCUT2D eigenvalue weighted by Crippen LogP contribution is -2.46. The normalized spacial score (nSPS) is 12.7. The molecule has 1 atom stereocenters. The monoisotopic (exact) mass is 318 g/mol.